The minimum atomic E-state index is 0.0276. The fraction of sp³-hybridized carbons (Fsp3) is 0.607. The fourth-order valence-corrected chi connectivity index (χ4v) is 5.00. The van der Waals surface area contributed by atoms with Crippen molar-refractivity contribution in [3.05, 3.63) is 57.0 Å². The van der Waals surface area contributed by atoms with Gasteiger partial charge in [0.25, 0.3) is 5.56 Å². The van der Waals surface area contributed by atoms with Gasteiger partial charge in [0.15, 0.2) is 5.16 Å². The molecule has 0 unspecified atom stereocenters. The lowest BCUT2D eigenvalue weighted by atomic mass is 9.86. The number of aromatic nitrogens is 2. The number of hydrogen-bond donors (Lipinski definition) is 0. The molecule has 1 heterocycles. The number of unbranched alkanes of at least 4 members (excludes halogenated alkanes) is 1. The third kappa shape index (κ3) is 8.00. The zero-order chi connectivity index (χ0) is 25.3. The number of nitrogens with zero attached hydrogens (tertiary/aromatic N) is 3. The summed E-state index contributed by atoms with van der Waals surface area (Å²) >= 11 is 1.60. The molecule has 0 fully saturated rings. The van der Waals surface area contributed by atoms with Crippen molar-refractivity contribution in [2.75, 3.05) is 18.8 Å². The Hall–Kier alpha value is -2.08. The highest BCUT2D eigenvalue weighted by atomic mass is 32.2. The van der Waals surface area contributed by atoms with Crippen LogP contribution in [0, 0.1) is 6.92 Å². The molecule has 1 amide bonds. The van der Waals surface area contributed by atoms with Gasteiger partial charge in [-0.3, -0.25) is 14.2 Å². The lowest BCUT2D eigenvalue weighted by Gasteiger charge is -2.21. The van der Waals surface area contributed by atoms with E-state index in [4.69, 9.17) is 4.98 Å². The van der Waals surface area contributed by atoms with E-state index in [1.54, 1.807) is 23.4 Å². The Morgan fingerprint density at radius 3 is 2.24 bits per heavy atom. The molecular formula is C28H43N3O2S. The smallest absolute Gasteiger partial charge is 0.257 e. The van der Waals surface area contributed by atoms with Gasteiger partial charge in [0.2, 0.25) is 5.91 Å². The van der Waals surface area contributed by atoms with E-state index in [1.165, 1.54) is 5.56 Å². The molecule has 0 saturated carbocycles. The molecule has 0 bridgehead atoms. The van der Waals surface area contributed by atoms with E-state index in [9.17, 15) is 9.59 Å². The van der Waals surface area contributed by atoms with Crippen LogP contribution >= 0.6 is 11.8 Å². The van der Waals surface area contributed by atoms with Gasteiger partial charge in [0, 0.05) is 50.0 Å². The van der Waals surface area contributed by atoms with E-state index >= 15 is 0 Å². The van der Waals surface area contributed by atoms with Crippen molar-refractivity contribution in [3.63, 3.8) is 0 Å². The topological polar surface area (TPSA) is 55.2 Å². The predicted octanol–water partition coefficient (Wildman–Crippen LogP) is 5.89. The third-order valence-corrected chi connectivity index (χ3v) is 7.22. The molecule has 2 aromatic rings. The third-order valence-electron chi connectivity index (χ3n) is 6.11. The summed E-state index contributed by atoms with van der Waals surface area (Å²) in [6.07, 6.45) is 4.98. The number of benzene rings is 1. The molecule has 5 nitrogen and oxygen atoms in total. The highest BCUT2D eigenvalue weighted by molar-refractivity contribution is 7.99. The maximum Gasteiger partial charge on any atom is 0.257 e. The molecule has 0 aliphatic heterocycles. The summed E-state index contributed by atoms with van der Waals surface area (Å²) in [4.78, 5) is 32.2. The van der Waals surface area contributed by atoms with Crippen LogP contribution in [0.15, 0.2) is 34.2 Å². The van der Waals surface area contributed by atoms with Gasteiger partial charge < -0.3 is 4.90 Å². The average molecular weight is 486 g/mol. The normalized spacial score (nSPS) is 11.6. The molecule has 0 spiro atoms. The van der Waals surface area contributed by atoms with Crippen molar-refractivity contribution < 1.29 is 4.79 Å². The van der Waals surface area contributed by atoms with Crippen LogP contribution in [0.3, 0.4) is 0 Å². The van der Waals surface area contributed by atoms with Crippen molar-refractivity contribution in [3.8, 4) is 0 Å². The zero-order valence-corrected chi connectivity index (χ0v) is 23.1. The molecule has 0 aliphatic carbocycles. The molecule has 0 saturated heterocycles. The Balaban J connectivity index is 1.95. The second-order valence-corrected chi connectivity index (χ2v) is 11.2. The largest absolute Gasteiger partial charge is 0.343 e. The van der Waals surface area contributed by atoms with E-state index < -0.39 is 0 Å². The van der Waals surface area contributed by atoms with E-state index in [0.29, 0.717) is 12.8 Å². The summed E-state index contributed by atoms with van der Waals surface area (Å²) in [5.41, 5.74) is 4.11. The van der Waals surface area contributed by atoms with Gasteiger partial charge in [-0.25, -0.2) is 4.98 Å². The second-order valence-electron chi connectivity index (χ2n) is 10.1. The Labute approximate surface area is 210 Å². The lowest BCUT2D eigenvalue weighted by Crippen LogP contribution is -2.32. The van der Waals surface area contributed by atoms with Gasteiger partial charge in [-0.05, 0) is 49.1 Å². The first-order valence-corrected chi connectivity index (χ1v) is 13.6. The van der Waals surface area contributed by atoms with Gasteiger partial charge in [0.1, 0.15) is 0 Å². The molecule has 188 valence electrons. The van der Waals surface area contributed by atoms with Crippen LogP contribution in [0.5, 0.6) is 0 Å². The van der Waals surface area contributed by atoms with Crippen molar-refractivity contribution in [1.29, 1.82) is 0 Å². The summed E-state index contributed by atoms with van der Waals surface area (Å²) in [6, 6.07) is 8.54. The summed E-state index contributed by atoms with van der Waals surface area (Å²) in [7, 11) is 1.81. The number of amides is 1. The minimum Gasteiger partial charge on any atom is -0.343 e. The van der Waals surface area contributed by atoms with Crippen molar-refractivity contribution in [1.82, 2.24) is 14.5 Å². The second kappa shape index (κ2) is 13.1. The fourth-order valence-electron chi connectivity index (χ4n) is 3.99. The molecule has 1 aromatic heterocycles. The maximum atomic E-state index is 13.1. The van der Waals surface area contributed by atoms with E-state index in [1.807, 2.05) is 11.8 Å². The first-order chi connectivity index (χ1) is 16.1. The van der Waals surface area contributed by atoms with Crippen LogP contribution in [0.2, 0.25) is 0 Å². The molecule has 6 heteroatoms. The molecule has 2 rings (SSSR count). The summed E-state index contributed by atoms with van der Waals surface area (Å²) in [5.74, 6) is 1.11. The average Bonchev–Trinajstić information content (AvgIpc) is 2.79. The first kappa shape index (κ1) is 28.2. The van der Waals surface area contributed by atoms with Gasteiger partial charge in [-0.15, -0.1) is 0 Å². The van der Waals surface area contributed by atoms with Crippen molar-refractivity contribution >= 4 is 17.7 Å². The Morgan fingerprint density at radius 1 is 1.06 bits per heavy atom. The molecule has 1 aromatic carbocycles. The molecular weight excluding hydrogens is 442 g/mol. The Kier molecular flexibility index (Phi) is 10.9. The minimum absolute atomic E-state index is 0.0276. The van der Waals surface area contributed by atoms with Crippen molar-refractivity contribution in [2.24, 2.45) is 7.05 Å². The highest BCUT2D eigenvalue weighted by Crippen LogP contribution is 2.23. The number of carbonyl (C=O) groups excluding carboxylic acids is 1. The zero-order valence-electron chi connectivity index (χ0n) is 22.2. The van der Waals surface area contributed by atoms with E-state index in [2.05, 4.69) is 58.9 Å². The van der Waals surface area contributed by atoms with E-state index in [-0.39, 0.29) is 16.9 Å². The van der Waals surface area contributed by atoms with E-state index in [0.717, 1.165) is 66.5 Å². The first-order valence-electron chi connectivity index (χ1n) is 12.6. The van der Waals surface area contributed by atoms with Crippen molar-refractivity contribution in [2.45, 2.75) is 90.6 Å². The summed E-state index contributed by atoms with van der Waals surface area (Å²) in [6.45, 7) is 14.5. The number of hydrogen-bond acceptors (Lipinski definition) is 4. The van der Waals surface area contributed by atoms with Crippen LogP contribution in [-0.2, 0) is 23.7 Å². The van der Waals surface area contributed by atoms with Crippen LogP contribution in [0.25, 0.3) is 0 Å². The molecule has 0 N–H and O–H groups in total. The van der Waals surface area contributed by atoms with Crippen LogP contribution in [0.4, 0.5) is 0 Å². The number of carbonyl (C=O) groups is 1. The van der Waals surface area contributed by atoms with Crippen LogP contribution in [-0.4, -0.2) is 39.2 Å². The molecule has 0 aliphatic rings. The summed E-state index contributed by atoms with van der Waals surface area (Å²) in [5, 5.41) is 0.749. The van der Waals surface area contributed by atoms with Gasteiger partial charge in [-0.2, -0.15) is 0 Å². The van der Waals surface area contributed by atoms with Gasteiger partial charge in [0.05, 0.1) is 0 Å². The summed E-state index contributed by atoms with van der Waals surface area (Å²) < 4.78 is 1.67. The standard InChI is InChI=1S/C28H43N3O2S/c1-8-17-31(18-9-2)25(32)12-10-11-19-34-27-29-21(3)24(26(33)30(27)7)20-22-13-15-23(16-14-22)28(4,5)6/h13-16H,8-12,17-20H2,1-7H3. The quantitative estimate of drug-likeness (QED) is 0.214. The highest BCUT2D eigenvalue weighted by Gasteiger charge is 2.16. The van der Waals surface area contributed by atoms with Crippen LogP contribution < -0.4 is 5.56 Å². The van der Waals surface area contributed by atoms with Crippen LogP contribution in [0.1, 0.15) is 89.1 Å². The molecule has 0 atom stereocenters. The number of thioether (sulfide) groups is 1. The van der Waals surface area contributed by atoms with Gasteiger partial charge >= 0.3 is 0 Å². The number of rotatable bonds is 12. The number of aryl methyl sites for hydroxylation is 1. The SMILES string of the molecule is CCCN(CCC)C(=O)CCCCSc1nc(C)c(Cc2ccc(C(C)(C)C)cc2)c(=O)n1C. The molecule has 34 heavy (non-hydrogen) atoms. The Morgan fingerprint density at radius 2 is 1.68 bits per heavy atom. The predicted molar refractivity (Wildman–Crippen MR) is 144 cm³/mol. The molecule has 0 radical (unpaired) electrons. The Bertz CT molecular complexity index is 984. The monoisotopic (exact) mass is 485 g/mol. The maximum absolute atomic E-state index is 13.1. The van der Waals surface area contributed by atoms with Gasteiger partial charge in [-0.1, -0.05) is 70.6 Å². The lowest BCUT2D eigenvalue weighted by molar-refractivity contribution is -0.131.